The number of aryl methyl sites for hydroxylation is 3. The summed E-state index contributed by atoms with van der Waals surface area (Å²) in [7, 11) is 0. The molecule has 5 nitrogen and oxygen atoms in total. The third kappa shape index (κ3) is 5.21. The Labute approximate surface area is 147 Å². The maximum absolute atomic E-state index is 12.0. The summed E-state index contributed by atoms with van der Waals surface area (Å²) in [6, 6.07) is 17.8. The number of amides is 1. The number of benzene rings is 2. The molecule has 0 atom stereocenters. The number of anilines is 1. The molecule has 1 heterocycles. The minimum absolute atomic E-state index is 0.0295. The standard InChI is InChI=1S/C20H21N3O2/c1-16-7-9-19(10-8-16)25-15-20(24)22-18-13-21-23(14-18)12-11-17-5-3-2-4-6-17/h2-10,13-14H,11-12,15H2,1H3,(H,22,24). The van der Waals surface area contributed by atoms with E-state index in [-0.39, 0.29) is 12.5 Å². The quantitative estimate of drug-likeness (QED) is 0.719. The molecule has 2 aromatic carbocycles. The molecule has 0 radical (unpaired) electrons. The Morgan fingerprint density at radius 2 is 1.88 bits per heavy atom. The fourth-order valence-electron chi connectivity index (χ4n) is 2.42. The van der Waals surface area contributed by atoms with Crippen molar-refractivity contribution in [3.63, 3.8) is 0 Å². The zero-order chi connectivity index (χ0) is 17.5. The van der Waals surface area contributed by atoms with Gasteiger partial charge in [-0.05, 0) is 31.0 Å². The van der Waals surface area contributed by atoms with E-state index in [0.29, 0.717) is 11.4 Å². The summed E-state index contributed by atoms with van der Waals surface area (Å²) in [6.45, 7) is 2.74. The third-order valence-electron chi connectivity index (χ3n) is 3.78. The van der Waals surface area contributed by atoms with Crippen LogP contribution in [0.25, 0.3) is 0 Å². The lowest BCUT2D eigenvalue weighted by Gasteiger charge is -2.06. The van der Waals surface area contributed by atoms with Crippen molar-refractivity contribution in [3.8, 4) is 5.75 Å². The van der Waals surface area contributed by atoms with E-state index in [0.717, 1.165) is 18.5 Å². The first-order chi connectivity index (χ1) is 12.2. The lowest BCUT2D eigenvalue weighted by Crippen LogP contribution is -2.19. The zero-order valence-electron chi connectivity index (χ0n) is 14.2. The highest BCUT2D eigenvalue weighted by Gasteiger charge is 2.06. The zero-order valence-corrected chi connectivity index (χ0v) is 14.2. The van der Waals surface area contributed by atoms with Crippen molar-refractivity contribution in [3.05, 3.63) is 78.1 Å². The lowest BCUT2D eigenvalue weighted by atomic mass is 10.1. The van der Waals surface area contributed by atoms with E-state index in [1.165, 1.54) is 5.56 Å². The topological polar surface area (TPSA) is 56.1 Å². The van der Waals surface area contributed by atoms with Gasteiger partial charge in [-0.1, -0.05) is 48.0 Å². The first kappa shape index (κ1) is 16.8. The van der Waals surface area contributed by atoms with Crippen LogP contribution >= 0.6 is 0 Å². The molecule has 0 aliphatic rings. The Morgan fingerprint density at radius 3 is 2.64 bits per heavy atom. The van der Waals surface area contributed by atoms with Crippen LogP contribution in [0.4, 0.5) is 5.69 Å². The summed E-state index contributed by atoms with van der Waals surface area (Å²) in [5.74, 6) is 0.475. The van der Waals surface area contributed by atoms with Crippen LogP contribution in [0.5, 0.6) is 5.75 Å². The van der Waals surface area contributed by atoms with Crippen LogP contribution in [0.2, 0.25) is 0 Å². The Bertz CT molecular complexity index is 810. The van der Waals surface area contributed by atoms with Gasteiger partial charge >= 0.3 is 0 Å². The fourth-order valence-corrected chi connectivity index (χ4v) is 2.42. The third-order valence-corrected chi connectivity index (χ3v) is 3.78. The van der Waals surface area contributed by atoms with E-state index in [9.17, 15) is 4.79 Å². The van der Waals surface area contributed by atoms with Gasteiger partial charge in [-0.25, -0.2) is 0 Å². The molecule has 3 rings (SSSR count). The second kappa shape index (κ2) is 8.15. The maximum atomic E-state index is 12.0. The van der Waals surface area contributed by atoms with Crippen molar-refractivity contribution in [2.45, 2.75) is 19.9 Å². The van der Waals surface area contributed by atoms with Gasteiger partial charge in [0.25, 0.3) is 5.91 Å². The Hall–Kier alpha value is -3.08. The van der Waals surface area contributed by atoms with E-state index in [1.807, 2.05) is 60.3 Å². The van der Waals surface area contributed by atoms with Crippen LogP contribution in [0, 0.1) is 6.92 Å². The molecule has 0 saturated heterocycles. The summed E-state index contributed by atoms with van der Waals surface area (Å²) in [5, 5.41) is 7.07. The van der Waals surface area contributed by atoms with Gasteiger partial charge in [0.15, 0.2) is 6.61 Å². The molecule has 0 saturated carbocycles. The number of carbonyl (C=O) groups is 1. The molecule has 1 aromatic heterocycles. The number of aromatic nitrogens is 2. The predicted octanol–water partition coefficient (Wildman–Crippen LogP) is 3.45. The molecule has 0 spiro atoms. The van der Waals surface area contributed by atoms with Crippen LogP contribution in [0.15, 0.2) is 67.0 Å². The van der Waals surface area contributed by atoms with Gasteiger partial charge in [0.1, 0.15) is 5.75 Å². The molecular formula is C20H21N3O2. The second-order valence-electron chi connectivity index (χ2n) is 5.88. The molecular weight excluding hydrogens is 314 g/mol. The van der Waals surface area contributed by atoms with Gasteiger partial charge in [-0.3, -0.25) is 9.48 Å². The van der Waals surface area contributed by atoms with Crippen molar-refractivity contribution in [2.24, 2.45) is 0 Å². The van der Waals surface area contributed by atoms with Gasteiger partial charge in [-0.15, -0.1) is 0 Å². The molecule has 5 heteroatoms. The van der Waals surface area contributed by atoms with Crippen LogP contribution in [-0.4, -0.2) is 22.3 Å². The number of carbonyl (C=O) groups excluding carboxylic acids is 1. The molecule has 25 heavy (non-hydrogen) atoms. The molecule has 0 aliphatic carbocycles. The van der Waals surface area contributed by atoms with E-state index < -0.39 is 0 Å². The summed E-state index contributed by atoms with van der Waals surface area (Å²) in [5.41, 5.74) is 3.08. The SMILES string of the molecule is Cc1ccc(OCC(=O)Nc2cnn(CCc3ccccc3)c2)cc1. The maximum Gasteiger partial charge on any atom is 0.262 e. The summed E-state index contributed by atoms with van der Waals surface area (Å²) < 4.78 is 7.29. The van der Waals surface area contributed by atoms with Gasteiger partial charge in [0.05, 0.1) is 11.9 Å². The van der Waals surface area contributed by atoms with Gasteiger partial charge in [0.2, 0.25) is 0 Å². The molecule has 0 bridgehead atoms. The number of nitrogens with zero attached hydrogens (tertiary/aromatic N) is 2. The van der Waals surface area contributed by atoms with Crippen molar-refractivity contribution >= 4 is 11.6 Å². The van der Waals surface area contributed by atoms with Crippen molar-refractivity contribution in [2.75, 3.05) is 11.9 Å². The average Bonchev–Trinajstić information content (AvgIpc) is 3.08. The molecule has 1 amide bonds. The first-order valence-electron chi connectivity index (χ1n) is 8.25. The smallest absolute Gasteiger partial charge is 0.262 e. The normalized spacial score (nSPS) is 10.4. The van der Waals surface area contributed by atoms with E-state index in [4.69, 9.17) is 4.74 Å². The highest BCUT2D eigenvalue weighted by molar-refractivity contribution is 5.91. The lowest BCUT2D eigenvalue weighted by molar-refractivity contribution is -0.118. The highest BCUT2D eigenvalue weighted by atomic mass is 16.5. The number of ether oxygens (including phenoxy) is 1. The van der Waals surface area contributed by atoms with Gasteiger partial charge < -0.3 is 10.1 Å². The molecule has 128 valence electrons. The van der Waals surface area contributed by atoms with Crippen molar-refractivity contribution in [1.29, 1.82) is 0 Å². The van der Waals surface area contributed by atoms with Crippen molar-refractivity contribution in [1.82, 2.24) is 9.78 Å². The second-order valence-corrected chi connectivity index (χ2v) is 5.88. The van der Waals surface area contributed by atoms with E-state index in [2.05, 4.69) is 22.5 Å². The summed E-state index contributed by atoms with van der Waals surface area (Å²) in [6.07, 6.45) is 4.37. The Balaban J connectivity index is 1.45. The minimum Gasteiger partial charge on any atom is -0.484 e. The van der Waals surface area contributed by atoms with Crippen LogP contribution < -0.4 is 10.1 Å². The number of nitrogens with one attached hydrogen (secondary N) is 1. The van der Waals surface area contributed by atoms with Crippen LogP contribution in [-0.2, 0) is 17.8 Å². The van der Waals surface area contributed by atoms with E-state index in [1.54, 1.807) is 6.20 Å². The number of rotatable bonds is 7. The highest BCUT2D eigenvalue weighted by Crippen LogP contribution is 2.12. The fraction of sp³-hybridized carbons (Fsp3) is 0.200. The first-order valence-corrected chi connectivity index (χ1v) is 8.25. The average molecular weight is 335 g/mol. The molecule has 0 aliphatic heterocycles. The predicted molar refractivity (Wildman–Crippen MR) is 97.7 cm³/mol. The van der Waals surface area contributed by atoms with Crippen LogP contribution in [0.1, 0.15) is 11.1 Å². The number of hydrogen-bond acceptors (Lipinski definition) is 3. The molecule has 0 fully saturated rings. The number of hydrogen-bond donors (Lipinski definition) is 1. The Morgan fingerprint density at radius 1 is 1.12 bits per heavy atom. The van der Waals surface area contributed by atoms with Gasteiger partial charge in [-0.2, -0.15) is 5.10 Å². The minimum atomic E-state index is -0.205. The van der Waals surface area contributed by atoms with Crippen molar-refractivity contribution < 1.29 is 9.53 Å². The largest absolute Gasteiger partial charge is 0.484 e. The van der Waals surface area contributed by atoms with E-state index >= 15 is 0 Å². The molecule has 1 N–H and O–H groups in total. The summed E-state index contributed by atoms with van der Waals surface area (Å²) >= 11 is 0. The molecule has 3 aromatic rings. The monoisotopic (exact) mass is 335 g/mol. The Kier molecular flexibility index (Phi) is 5.46. The van der Waals surface area contributed by atoms with Crippen LogP contribution in [0.3, 0.4) is 0 Å². The van der Waals surface area contributed by atoms with Gasteiger partial charge in [0, 0.05) is 12.7 Å². The summed E-state index contributed by atoms with van der Waals surface area (Å²) in [4.78, 5) is 12.0. The molecule has 0 unspecified atom stereocenters.